The highest BCUT2D eigenvalue weighted by molar-refractivity contribution is 7.92. The van der Waals surface area contributed by atoms with E-state index in [0.717, 1.165) is 24.2 Å². The normalized spacial score (nSPS) is 15.4. The van der Waals surface area contributed by atoms with E-state index in [1.165, 1.54) is 24.2 Å². The summed E-state index contributed by atoms with van der Waals surface area (Å²) in [5, 5.41) is 9.24. The van der Waals surface area contributed by atoms with Crippen LogP contribution < -0.4 is 14.4 Å². The number of anilines is 2. The maximum absolute atomic E-state index is 13.2. The number of rotatable bonds is 7. The van der Waals surface area contributed by atoms with Crippen LogP contribution in [-0.2, 0) is 21.8 Å². The van der Waals surface area contributed by atoms with Crippen molar-refractivity contribution in [3.8, 4) is 11.6 Å². The van der Waals surface area contributed by atoms with E-state index in [2.05, 4.69) is 31.7 Å². The molecule has 1 fully saturated rings. The Morgan fingerprint density at radius 3 is 2.65 bits per heavy atom. The molecule has 1 aliphatic heterocycles. The van der Waals surface area contributed by atoms with Crippen LogP contribution in [0.2, 0.25) is 0 Å². The van der Waals surface area contributed by atoms with Gasteiger partial charge in [-0.1, -0.05) is 0 Å². The zero-order valence-electron chi connectivity index (χ0n) is 19.3. The number of aryl methyl sites for hydroxylation is 1. The number of nitrogens with zero attached hydrogens (tertiary/aromatic N) is 6. The number of pyridine rings is 1. The number of hydrogen-bond acceptors (Lipinski definition) is 8. The molecule has 12 heteroatoms. The van der Waals surface area contributed by atoms with Crippen molar-refractivity contribution >= 4 is 32.3 Å². The van der Waals surface area contributed by atoms with Crippen LogP contribution in [0.15, 0.2) is 53.9 Å². The van der Waals surface area contributed by atoms with Crippen molar-refractivity contribution in [3.05, 3.63) is 49.1 Å². The summed E-state index contributed by atoms with van der Waals surface area (Å²) in [6, 6.07) is 7.29. The van der Waals surface area contributed by atoms with Gasteiger partial charge in [-0.25, -0.2) is 18.1 Å². The molecule has 0 aliphatic carbocycles. The van der Waals surface area contributed by atoms with Crippen LogP contribution in [0.25, 0.3) is 16.7 Å². The fourth-order valence-electron chi connectivity index (χ4n) is 4.08. The van der Waals surface area contributed by atoms with Gasteiger partial charge in [0.25, 0.3) is 10.0 Å². The predicted molar refractivity (Wildman–Crippen MR) is 127 cm³/mol. The summed E-state index contributed by atoms with van der Waals surface area (Å²) in [7, 11) is 0.966. The fourth-order valence-corrected chi connectivity index (χ4v) is 5.09. The largest absolute Gasteiger partial charge is 0.494 e. The SMILES string of the molecule is COc1ccc2cnn(C)c2c1NS(=O)(=O)c1cnn(-c2cc(N3CC(C)(OC)C3)ccn2)c1. The first-order valence-corrected chi connectivity index (χ1v) is 12.0. The monoisotopic (exact) mass is 483 g/mol. The van der Waals surface area contributed by atoms with Gasteiger partial charge in [-0.05, 0) is 25.1 Å². The van der Waals surface area contributed by atoms with Crippen LogP contribution in [0.4, 0.5) is 11.4 Å². The van der Waals surface area contributed by atoms with Gasteiger partial charge in [0.1, 0.15) is 16.3 Å². The Morgan fingerprint density at radius 1 is 1.12 bits per heavy atom. The fraction of sp³-hybridized carbons (Fsp3) is 0.318. The van der Waals surface area contributed by atoms with E-state index >= 15 is 0 Å². The molecule has 0 atom stereocenters. The summed E-state index contributed by atoms with van der Waals surface area (Å²) in [4.78, 5) is 6.52. The molecular weight excluding hydrogens is 458 g/mol. The maximum atomic E-state index is 13.2. The molecule has 4 heterocycles. The molecule has 34 heavy (non-hydrogen) atoms. The molecule has 0 bridgehead atoms. The van der Waals surface area contributed by atoms with Gasteiger partial charge in [-0.15, -0.1) is 0 Å². The highest BCUT2D eigenvalue weighted by Gasteiger charge is 2.39. The Kier molecular flexibility index (Phi) is 5.21. The molecule has 0 amide bonds. The van der Waals surface area contributed by atoms with Crippen LogP contribution in [0.1, 0.15) is 6.92 Å². The lowest BCUT2D eigenvalue weighted by Gasteiger charge is -2.48. The predicted octanol–water partition coefficient (Wildman–Crippen LogP) is 2.19. The third kappa shape index (κ3) is 3.74. The van der Waals surface area contributed by atoms with Crippen molar-refractivity contribution in [1.82, 2.24) is 24.5 Å². The molecule has 1 aromatic carbocycles. The summed E-state index contributed by atoms with van der Waals surface area (Å²) >= 11 is 0. The smallest absolute Gasteiger partial charge is 0.265 e. The molecule has 1 aliphatic rings. The topological polar surface area (TPSA) is 116 Å². The van der Waals surface area contributed by atoms with Gasteiger partial charge in [0, 0.05) is 50.6 Å². The summed E-state index contributed by atoms with van der Waals surface area (Å²) < 4.78 is 43.1. The lowest BCUT2D eigenvalue weighted by molar-refractivity contribution is -0.0167. The maximum Gasteiger partial charge on any atom is 0.265 e. The first-order chi connectivity index (χ1) is 16.2. The van der Waals surface area contributed by atoms with Gasteiger partial charge in [0.05, 0.1) is 36.8 Å². The van der Waals surface area contributed by atoms with Crippen molar-refractivity contribution in [3.63, 3.8) is 0 Å². The minimum absolute atomic E-state index is 0.00293. The van der Waals surface area contributed by atoms with Crippen LogP contribution in [0.5, 0.6) is 5.75 Å². The number of ether oxygens (including phenoxy) is 2. The van der Waals surface area contributed by atoms with E-state index in [1.807, 2.05) is 18.2 Å². The van der Waals surface area contributed by atoms with Crippen molar-refractivity contribution < 1.29 is 17.9 Å². The molecule has 0 spiro atoms. The molecule has 178 valence electrons. The molecule has 0 unspecified atom stereocenters. The third-order valence-corrected chi connectivity index (χ3v) is 7.37. The second-order valence-electron chi connectivity index (χ2n) is 8.46. The van der Waals surface area contributed by atoms with Crippen LogP contribution in [0, 0.1) is 0 Å². The summed E-state index contributed by atoms with van der Waals surface area (Å²) in [6.07, 6.45) is 6.06. The number of fused-ring (bicyclic) bond motifs is 1. The number of benzene rings is 1. The quantitative estimate of drug-likeness (QED) is 0.425. The molecular formula is C22H25N7O4S. The van der Waals surface area contributed by atoms with Gasteiger partial charge in [-0.2, -0.15) is 10.2 Å². The number of sulfonamides is 1. The molecule has 0 saturated carbocycles. The van der Waals surface area contributed by atoms with E-state index in [4.69, 9.17) is 9.47 Å². The lowest BCUT2D eigenvalue weighted by Crippen LogP contribution is -2.61. The Balaban J connectivity index is 1.43. The van der Waals surface area contributed by atoms with Gasteiger partial charge in [-0.3, -0.25) is 9.40 Å². The van der Waals surface area contributed by atoms with E-state index in [-0.39, 0.29) is 10.5 Å². The van der Waals surface area contributed by atoms with Gasteiger partial charge in [0.15, 0.2) is 5.82 Å². The number of hydrogen-bond donors (Lipinski definition) is 1. The van der Waals surface area contributed by atoms with Crippen molar-refractivity contribution in [2.24, 2.45) is 7.05 Å². The Labute approximate surface area is 197 Å². The van der Waals surface area contributed by atoms with Crippen molar-refractivity contribution in [1.29, 1.82) is 0 Å². The van der Waals surface area contributed by atoms with Crippen molar-refractivity contribution in [2.75, 3.05) is 36.9 Å². The average molecular weight is 484 g/mol. The van der Waals surface area contributed by atoms with Crippen LogP contribution in [-0.4, -0.2) is 65.9 Å². The highest BCUT2D eigenvalue weighted by atomic mass is 32.2. The van der Waals surface area contributed by atoms with E-state index in [0.29, 0.717) is 22.8 Å². The van der Waals surface area contributed by atoms with Crippen LogP contribution >= 0.6 is 0 Å². The summed E-state index contributed by atoms with van der Waals surface area (Å²) in [5.41, 5.74) is 1.72. The average Bonchev–Trinajstić information content (AvgIpc) is 3.45. The lowest BCUT2D eigenvalue weighted by atomic mass is 9.96. The zero-order valence-corrected chi connectivity index (χ0v) is 20.1. The molecule has 4 aromatic rings. The van der Waals surface area contributed by atoms with Crippen molar-refractivity contribution in [2.45, 2.75) is 17.4 Å². The number of nitrogens with one attached hydrogen (secondary N) is 1. The second-order valence-corrected chi connectivity index (χ2v) is 10.1. The first-order valence-electron chi connectivity index (χ1n) is 10.6. The summed E-state index contributed by atoms with van der Waals surface area (Å²) in [6.45, 7) is 3.58. The standard InChI is InChI=1S/C22H25N7O4S/c1-22(33-4)13-28(14-22)16-7-8-23-19(9-16)29-12-17(11-25-29)34(30,31)26-20-18(32-3)6-5-15-10-24-27(2)21(15)20/h5-12,26H,13-14H2,1-4H3. The Morgan fingerprint density at radius 2 is 1.91 bits per heavy atom. The minimum Gasteiger partial charge on any atom is -0.494 e. The Hall–Kier alpha value is -3.64. The second kappa shape index (κ2) is 7.99. The Bertz CT molecular complexity index is 1470. The number of methoxy groups -OCH3 is 2. The van der Waals surface area contributed by atoms with E-state index < -0.39 is 10.0 Å². The van der Waals surface area contributed by atoms with E-state index in [9.17, 15) is 8.42 Å². The number of aromatic nitrogens is 5. The third-order valence-electron chi connectivity index (χ3n) is 6.06. The first kappa shape index (κ1) is 22.2. The minimum atomic E-state index is -3.97. The molecule has 3 aromatic heterocycles. The molecule has 11 nitrogen and oxygen atoms in total. The van der Waals surface area contributed by atoms with E-state index in [1.54, 1.807) is 37.3 Å². The molecule has 0 radical (unpaired) electrons. The molecule has 5 rings (SSSR count). The highest BCUT2D eigenvalue weighted by Crippen LogP contribution is 2.35. The molecule has 1 N–H and O–H groups in total. The van der Waals surface area contributed by atoms with Crippen LogP contribution in [0.3, 0.4) is 0 Å². The van der Waals surface area contributed by atoms with Gasteiger partial charge in [0.2, 0.25) is 0 Å². The molecule has 1 saturated heterocycles. The van der Waals surface area contributed by atoms with Gasteiger partial charge < -0.3 is 14.4 Å². The van der Waals surface area contributed by atoms with Gasteiger partial charge >= 0.3 is 0 Å². The zero-order chi connectivity index (χ0) is 24.1. The summed E-state index contributed by atoms with van der Waals surface area (Å²) in [5.74, 6) is 0.898.